The first-order valence-corrected chi connectivity index (χ1v) is 13.4. The molecule has 1 saturated heterocycles. The lowest BCUT2D eigenvalue weighted by atomic mass is 9.89. The molecule has 0 saturated carbocycles. The number of rotatable bonds is 7. The molecule has 2 aliphatic heterocycles. The standard InChI is InChI=1S/C26H34N2O6S/c1-18-5-8-21-22(17-26(2,3)34-24(21)15-18)27-25(29)10-6-19-16-20(7-9-23(19)32-4)35(30,31)28-11-13-33-14-12-28/h5,7-9,15-16,22H,6,10-14,17H2,1-4H3,(H,27,29). The van der Waals surface area contributed by atoms with E-state index in [9.17, 15) is 13.2 Å². The van der Waals surface area contributed by atoms with E-state index in [1.165, 1.54) is 11.4 Å². The average Bonchev–Trinajstić information content (AvgIpc) is 2.82. The molecule has 35 heavy (non-hydrogen) atoms. The van der Waals surface area contributed by atoms with E-state index in [1.807, 2.05) is 39.0 Å². The summed E-state index contributed by atoms with van der Waals surface area (Å²) in [6.45, 7) is 7.47. The number of sulfonamides is 1. The summed E-state index contributed by atoms with van der Waals surface area (Å²) in [4.78, 5) is 13.2. The van der Waals surface area contributed by atoms with Crippen molar-refractivity contribution in [2.45, 2.75) is 56.6 Å². The van der Waals surface area contributed by atoms with Crippen molar-refractivity contribution in [1.82, 2.24) is 9.62 Å². The van der Waals surface area contributed by atoms with Crippen LogP contribution in [0.5, 0.6) is 11.5 Å². The zero-order valence-electron chi connectivity index (χ0n) is 20.8. The molecule has 1 amide bonds. The lowest BCUT2D eigenvalue weighted by Gasteiger charge is -2.38. The van der Waals surface area contributed by atoms with E-state index in [4.69, 9.17) is 14.2 Å². The lowest BCUT2D eigenvalue weighted by Crippen LogP contribution is -2.41. The maximum absolute atomic E-state index is 13.1. The van der Waals surface area contributed by atoms with E-state index in [1.54, 1.807) is 18.2 Å². The van der Waals surface area contributed by atoms with E-state index < -0.39 is 15.6 Å². The van der Waals surface area contributed by atoms with Crippen molar-refractivity contribution in [3.63, 3.8) is 0 Å². The highest BCUT2D eigenvalue weighted by Crippen LogP contribution is 2.40. The number of carbonyl (C=O) groups is 1. The molecular weight excluding hydrogens is 468 g/mol. The molecule has 1 N–H and O–H groups in total. The first kappa shape index (κ1) is 25.5. The molecule has 0 aromatic heterocycles. The minimum atomic E-state index is -3.64. The maximum Gasteiger partial charge on any atom is 0.243 e. The molecular formula is C26H34N2O6S. The Hall–Kier alpha value is -2.62. The third kappa shape index (κ3) is 5.79. The molecule has 0 bridgehead atoms. The highest BCUT2D eigenvalue weighted by molar-refractivity contribution is 7.89. The van der Waals surface area contributed by atoms with Crippen LogP contribution in [-0.2, 0) is 26.0 Å². The molecule has 1 unspecified atom stereocenters. The number of amides is 1. The SMILES string of the molecule is COc1ccc(S(=O)(=O)N2CCOCC2)cc1CCC(=O)NC1CC(C)(C)Oc2cc(C)ccc21. The highest BCUT2D eigenvalue weighted by Gasteiger charge is 2.34. The summed E-state index contributed by atoms with van der Waals surface area (Å²) in [6.07, 6.45) is 1.22. The van der Waals surface area contributed by atoms with Crippen LogP contribution in [-0.4, -0.2) is 57.6 Å². The Morgan fingerprint density at radius 3 is 2.63 bits per heavy atom. The lowest BCUT2D eigenvalue weighted by molar-refractivity contribution is -0.122. The molecule has 1 atom stereocenters. The van der Waals surface area contributed by atoms with Crippen molar-refractivity contribution in [1.29, 1.82) is 0 Å². The minimum absolute atomic E-state index is 0.109. The van der Waals surface area contributed by atoms with Crippen molar-refractivity contribution < 1.29 is 27.4 Å². The fraction of sp³-hybridized carbons (Fsp3) is 0.500. The van der Waals surface area contributed by atoms with Crippen molar-refractivity contribution in [2.24, 2.45) is 0 Å². The van der Waals surface area contributed by atoms with E-state index >= 15 is 0 Å². The van der Waals surface area contributed by atoms with Crippen LogP contribution in [0.1, 0.15) is 49.4 Å². The molecule has 4 rings (SSSR count). The fourth-order valence-electron chi connectivity index (χ4n) is 4.65. The van der Waals surface area contributed by atoms with Gasteiger partial charge >= 0.3 is 0 Å². The minimum Gasteiger partial charge on any atom is -0.496 e. The number of methoxy groups -OCH3 is 1. The van der Waals surface area contributed by atoms with Gasteiger partial charge in [0.1, 0.15) is 17.1 Å². The van der Waals surface area contributed by atoms with Crippen LogP contribution >= 0.6 is 0 Å². The number of aryl methyl sites for hydroxylation is 2. The zero-order valence-corrected chi connectivity index (χ0v) is 21.6. The number of carbonyl (C=O) groups excluding carboxylic acids is 1. The van der Waals surface area contributed by atoms with Crippen LogP contribution in [0.3, 0.4) is 0 Å². The Bertz CT molecular complexity index is 1190. The van der Waals surface area contributed by atoms with Gasteiger partial charge in [-0.05, 0) is 62.6 Å². The second kappa shape index (κ2) is 10.2. The number of nitrogens with one attached hydrogen (secondary N) is 1. The number of nitrogens with zero attached hydrogens (tertiary/aromatic N) is 1. The molecule has 2 aliphatic rings. The van der Waals surface area contributed by atoms with Gasteiger partial charge in [-0.3, -0.25) is 4.79 Å². The van der Waals surface area contributed by atoms with E-state index in [0.29, 0.717) is 50.5 Å². The van der Waals surface area contributed by atoms with Crippen molar-refractivity contribution >= 4 is 15.9 Å². The van der Waals surface area contributed by atoms with E-state index in [0.717, 1.165) is 16.9 Å². The summed E-state index contributed by atoms with van der Waals surface area (Å²) < 4.78 is 44.5. The van der Waals surface area contributed by atoms with E-state index in [-0.39, 0.29) is 23.3 Å². The molecule has 1 fully saturated rings. The van der Waals surface area contributed by atoms with Crippen LogP contribution in [0.25, 0.3) is 0 Å². The quantitative estimate of drug-likeness (QED) is 0.624. The predicted molar refractivity (Wildman–Crippen MR) is 132 cm³/mol. The van der Waals surface area contributed by atoms with Gasteiger partial charge in [-0.25, -0.2) is 8.42 Å². The van der Waals surface area contributed by atoms with Crippen molar-refractivity contribution in [2.75, 3.05) is 33.4 Å². The first-order chi connectivity index (χ1) is 16.6. The first-order valence-electron chi connectivity index (χ1n) is 11.9. The molecule has 2 heterocycles. The van der Waals surface area contributed by atoms with E-state index in [2.05, 4.69) is 5.32 Å². The largest absolute Gasteiger partial charge is 0.496 e. The molecule has 2 aromatic rings. The van der Waals surface area contributed by atoms with Gasteiger partial charge in [0.2, 0.25) is 15.9 Å². The summed E-state index contributed by atoms with van der Waals surface area (Å²) in [6, 6.07) is 10.7. The predicted octanol–water partition coefficient (Wildman–Crippen LogP) is 3.38. The number of fused-ring (bicyclic) bond motifs is 1. The summed E-state index contributed by atoms with van der Waals surface area (Å²) in [7, 11) is -2.10. The Kier molecular flexibility index (Phi) is 7.40. The van der Waals surface area contributed by atoms with Gasteiger partial charge in [0.05, 0.1) is 31.3 Å². The smallest absolute Gasteiger partial charge is 0.243 e. The van der Waals surface area contributed by atoms with Crippen LogP contribution in [0, 0.1) is 6.92 Å². The van der Waals surface area contributed by atoms with Crippen LogP contribution < -0.4 is 14.8 Å². The van der Waals surface area contributed by atoms with Gasteiger partial charge in [0.25, 0.3) is 0 Å². The summed E-state index contributed by atoms with van der Waals surface area (Å²) in [5, 5.41) is 3.15. The summed E-state index contributed by atoms with van der Waals surface area (Å²) in [5.74, 6) is 1.25. The molecule has 0 radical (unpaired) electrons. The number of hydrogen-bond donors (Lipinski definition) is 1. The van der Waals surface area contributed by atoms with Gasteiger partial charge in [-0.1, -0.05) is 12.1 Å². The normalized spacial score (nSPS) is 19.9. The molecule has 2 aromatic carbocycles. The molecule has 0 spiro atoms. The van der Waals surface area contributed by atoms with Gasteiger partial charge in [0, 0.05) is 31.5 Å². The number of benzene rings is 2. The van der Waals surface area contributed by atoms with Gasteiger partial charge in [-0.2, -0.15) is 4.31 Å². The monoisotopic (exact) mass is 502 g/mol. The average molecular weight is 503 g/mol. The Labute approximate surface area is 207 Å². The van der Waals surface area contributed by atoms with Crippen LogP contribution in [0.4, 0.5) is 0 Å². The number of morpholine rings is 1. The molecule has 0 aliphatic carbocycles. The fourth-order valence-corrected chi connectivity index (χ4v) is 6.11. The third-order valence-electron chi connectivity index (χ3n) is 6.44. The third-order valence-corrected chi connectivity index (χ3v) is 8.34. The number of hydrogen-bond acceptors (Lipinski definition) is 6. The van der Waals surface area contributed by atoms with Crippen LogP contribution in [0.15, 0.2) is 41.3 Å². The molecule has 190 valence electrons. The Morgan fingerprint density at radius 1 is 1.17 bits per heavy atom. The topological polar surface area (TPSA) is 94.2 Å². The molecule has 8 nitrogen and oxygen atoms in total. The van der Waals surface area contributed by atoms with Gasteiger partial charge in [0.15, 0.2) is 0 Å². The molecule has 9 heteroatoms. The zero-order chi connectivity index (χ0) is 25.2. The Balaban J connectivity index is 1.47. The Morgan fingerprint density at radius 2 is 1.91 bits per heavy atom. The maximum atomic E-state index is 13.1. The second-order valence-electron chi connectivity index (χ2n) is 9.72. The summed E-state index contributed by atoms with van der Waals surface area (Å²) in [5.41, 5.74) is 2.36. The van der Waals surface area contributed by atoms with Crippen LogP contribution in [0.2, 0.25) is 0 Å². The van der Waals surface area contributed by atoms with Gasteiger partial charge < -0.3 is 19.5 Å². The highest BCUT2D eigenvalue weighted by atomic mass is 32.2. The van der Waals surface area contributed by atoms with Gasteiger partial charge in [-0.15, -0.1) is 0 Å². The second-order valence-corrected chi connectivity index (χ2v) is 11.7. The number of ether oxygens (including phenoxy) is 3. The summed E-state index contributed by atoms with van der Waals surface area (Å²) >= 11 is 0. The van der Waals surface area contributed by atoms with Crippen molar-refractivity contribution in [3.05, 3.63) is 53.1 Å². The van der Waals surface area contributed by atoms with Crippen molar-refractivity contribution in [3.8, 4) is 11.5 Å².